The van der Waals surface area contributed by atoms with Crippen LogP contribution in [0.4, 0.5) is 16.2 Å². The Labute approximate surface area is 195 Å². The molecule has 0 atom stereocenters. The second-order valence-electron chi connectivity index (χ2n) is 8.67. The molecule has 0 saturated carbocycles. The molecule has 0 spiro atoms. The number of carbonyl (C=O) groups excluding carboxylic acids is 1. The zero-order chi connectivity index (χ0) is 23.6. The van der Waals surface area contributed by atoms with E-state index in [9.17, 15) is 13.2 Å². The Kier molecular flexibility index (Phi) is 6.42. The van der Waals surface area contributed by atoms with Gasteiger partial charge in [0.25, 0.3) is 10.0 Å². The number of hydrogen-bond donors (Lipinski definition) is 1. The molecular formula is C26H29N3O3S. The van der Waals surface area contributed by atoms with E-state index in [1.165, 1.54) is 11.1 Å². The van der Waals surface area contributed by atoms with Gasteiger partial charge in [0.15, 0.2) is 0 Å². The number of anilines is 2. The van der Waals surface area contributed by atoms with Gasteiger partial charge in [0.2, 0.25) is 0 Å². The maximum Gasteiger partial charge on any atom is 0.324 e. The third-order valence-corrected chi connectivity index (χ3v) is 7.10. The van der Waals surface area contributed by atoms with Crippen molar-refractivity contribution in [2.24, 2.45) is 0 Å². The lowest BCUT2D eigenvalue weighted by atomic mass is 10.1. The molecular weight excluding hydrogens is 434 g/mol. The molecule has 1 fully saturated rings. The highest BCUT2D eigenvalue weighted by Gasteiger charge is 2.27. The van der Waals surface area contributed by atoms with Gasteiger partial charge in [0.05, 0.1) is 10.6 Å². The fraction of sp³-hybridized carbons (Fsp3) is 0.269. The minimum atomic E-state index is -3.71. The molecule has 6 nitrogen and oxygen atoms in total. The summed E-state index contributed by atoms with van der Waals surface area (Å²) in [5.41, 5.74) is 5.56. The van der Waals surface area contributed by atoms with E-state index in [4.69, 9.17) is 0 Å². The highest BCUT2D eigenvalue weighted by molar-refractivity contribution is 7.92. The largest absolute Gasteiger partial charge is 0.324 e. The van der Waals surface area contributed by atoms with Gasteiger partial charge < -0.3 is 4.90 Å². The van der Waals surface area contributed by atoms with Crippen molar-refractivity contribution in [2.45, 2.75) is 38.6 Å². The average Bonchev–Trinajstić information content (AvgIpc) is 2.75. The predicted molar refractivity (Wildman–Crippen MR) is 132 cm³/mol. The first-order valence-electron chi connectivity index (χ1n) is 11.0. The van der Waals surface area contributed by atoms with E-state index in [0.717, 1.165) is 17.5 Å². The van der Waals surface area contributed by atoms with Crippen LogP contribution >= 0.6 is 0 Å². The normalized spacial score (nSPS) is 14.5. The van der Waals surface area contributed by atoms with Crippen LogP contribution in [0.2, 0.25) is 0 Å². The number of benzene rings is 3. The van der Waals surface area contributed by atoms with E-state index in [1.54, 1.807) is 47.4 Å². The van der Waals surface area contributed by atoms with Crippen molar-refractivity contribution in [1.82, 2.24) is 4.90 Å². The summed E-state index contributed by atoms with van der Waals surface area (Å²) in [5.74, 6) is 0. The van der Waals surface area contributed by atoms with E-state index in [2.05, 4.69) is 36.8 Å². The molecule has 3 aromatic rings. The molecule has 4 rings (SSSR count). The third-order valence-electron chi connectivity index (χ3n) is 5.71. The number of sulfonamides is 1. The van der Waals surface area contributed by atoms with Crippen molar-refractivity contribution in [3.8, 4) is 0 Å². The lowest BCUT2D eigenvalue weighted by Crippen LogP contribution is -2.49. The van der Waals surface area contributed by atoms with Crippen LogP contribution in [0.1, 0.15) is 28.7 Å². The number of aryl methyl sites for hydroxylation is 3. The number of nitrogens with one attached hydrogen (secondary N) is 1. The number of hydrogen-bond acceptors (Lipinski definition) is 3. The standard InChI is InChI=1S/C26H29N3O3S/c1-19-8-10-25(11-9-19)33(31,32)27-23-6-4-7-24(17-23)29-13-5-12-28(26(29)30)18-22-15-20(2)14-21(3)16-22/h4,6-11,14-17,27H,5,12-13,18H2,1-3H3. The molecule has 0 bridgehead atoms. The topological polar surface area (TPSA) is 69.7 Å². The first kappa shape index (κ1) is 22.9. The molecule has 1 aliphatic rings. The van der Waals surface area contributed by atoms with Crippen molar-refractivity contribution in [1.29, 1.82) is 0 Å². The molecule has 0 aromatic heterocycles. The highest BCUT2D eigenvalue weighted by atomic mass is 32.2. The minimum Gasteiger partial charge on any atom is -0.320 e. The molecule has 0 unspecified atom stereocenters. The fourth-order valence-electron chi connectivity index (χ4n) is 4.22. The Bertz CT molecular complexity index is 1250. The second kappa shape index (κ2) is 9.27. The number of carbonyl (C=O) groups is 1. The summed E-state index contributed by atoms with van der Waals surface area (Å²) in [4.78, 5) is 17.0. The molecule has 172 valence electrons. The van der Waals surface area contributed by atoms with Crippen molar-refractivity contribution in [3.05, 3.63) is 89.0 Å². The zero-order valence-electron chi connectivity index (χ0n) is 19.2. The Morgan fingerprint density at radius 2 is 1.55 bits per heavy atom. The zero-order valence-corrected chi connectivity index (χ0v) is 20.0. The van der Waals surface area contributed by atoms with Crippen LogP contribution in [0, 0.1) is 20.8 Å². The summed E-state index contributed by atoms with van der Waals surface area (Å²) >= 11 is 0. The smallest absolute Gasteiger partial charge is 0.320 e. The number of amides is 2. The van der Waals surface area contributed by atoms with E-state index in [0.29, 0.717) is 31.0 Å². The van der Waals surface area contributed by atoms with Crippen molar-refractivity contribution in [2.75, 3.05) is 22.7 Å². The molecule has 0 radical (unpaired) electrons. The van der Waals surface area contributed by atoms with Crippen LogP contribution in [0.25, 0.3) is 0 Å². The van der Waals surface area contributed by atoms with Gasteiger partial charge in [-0.3, -0.25) is 9.62 Å². The number of urea groups is 1. The van der Waals surface area contributed by atoms with Crippen LogP contribution in [0.3, 0.4) is 0 Å². The number of nitrogens with zero attached hydrogens (tertiary/aromatic N) is 2. The molecule has 3 aromatic carbocycles. The van der Waals surface area contributed by atoms with Crippen LogP contribution in [0.15, 0.2) is 71.6 Å². The van der Waals surface area contributed by atoms with Gasteiger partial charge in [-0.15, -0.1) is 0 Å². The van der Waals surface area contributed by atoms with E-state index >= 15 is 0 Å². The van der Waals surface area contributed by atoms with E-state index in [1.807, 2.05) is 17.9 Å². The van der Waals surface area contributed by atoms with Gasteiger partial charge in [-0.1, -0.05) is 53.1 Å². The van der Waals surface area contributed by atoms with Gasteiger partial charge in [-0.05, 0) is 63.1 Å². The monoisotopic (exact) mass is 463 g/mol. The van der Waals surface area contributed by atoms with Gasteiger partial charge in [0, 0.05) is 25.3 Å². The summed E-state index contributed by atoms with van der Waals surface area (Å²) in [6.45, 7) is 7.87. The summed E-state index contributed by atoms with van der Waals surface area (Å²) in [6.07, 6.45) is 0.843. The maximum absolute atomic E-state index is 13.3. The van der Waals surface area contributed by atoms with Gasteiger partial charge in [-0.2, -0.15) is 0 Å². The Hall–Kier alpha value is -3.32. The third kappa shape index (κ3) is 5.37. The van der Waals surface area contributed by atoms with Crippen LogP contribution in [-0.2, 0) is 16.6 Å². The molecule has 1 N–H and O–H groups in total. The summed E-state index contributed by atoms with van der Waals surface area (Å²) in [6, 6.07) is 20.0. The number of rotatable bonds is 6. The fourth-order valence-corrected chi connectivity index (χ4v) is 5.27. The highest BCUT2D eigenvalue weighted by Crippen LogP contribution is 2.26. The Balaban J connectivity index is 1.52. The lowest BCUT2D eigenvalue weighted by Gasteiger charge is -2.36. The molecule has 2 amide bonds. The van der Waals surface area contributed by atoms with Crippen molar-refractivity contribution < 1.29 is 13.2 Å². The molecule has 0 aliphatic carbocycles. The van der Waals surface area contributed by atoms with Gasteiger partial charge in [-0.25, -0.2) is 13.2 Å². The maximum atomic E-state index is 13.3. The van der Waals surface area contributed by atoms with Crippen LogP contribution in [-0.4, -0.2) is 32.4 Å². The summed E-state index contributed by atoms with van der Waals surface area (Å²) in [7, 11) is -3.71. The second-order valence-corrected chi connectivity index (χ2v) is 10.4. The molecule has 33 heavy (non-hydrogen) atoms. The molecule has 1 aliphatic heterocycles. The van der Waals surface area contributed by atoms with Crippen LogP contribution in [0.5, 0.6) is 0 Å². The van der Waals surface area contributed by atoms with Gasteiger partial charge >= 0.3 is 6.03 Å². The van der Waals surface area contributed by atoms with Crippen molar-refractivity contribution in [3.63, 3.8) is 0 Å². The molecule has 7 heteroatoms. The Morgan fingerprint density at radius 3 is 2.24 bits per heavy atom. The van der Waals surface area contributed by atoms with E-state index < -0.39 is 10.0 Å². The lowest BCUT2D eigenvalue weighted by molar-refractivity contribution is 0.192. The van der Waals surface area contributed by atoms with Crippen LogP contribution < -0.4 is 9.62 Å². The average molecular weight is 464 g/mol. The summed E-state index contributed by atoms with van der Waals surface area (Å²) in [5, 5.41) is 0. The van der Waals surface area contributed by atoms with Gasteiger partial charge in [0.1, 0.15) is 0 Å². The SMILES string of the molecule is Cc1ccc(S(=O)(=O)Nc2cccc(N3CCCN(Cc4cc(C)cc(C)c4)C3=O)c2)cc1. The first-order valence-corrected chi connectivity index (χ1v) is 12.5. The quantitative estimate of drug-likeness (QED) is 0.543. The Morgan fingerprint density at radius 1 is 0.848 bits per heavy atom. The van der Waals surface area contributed by atoms with E-state index in [-0.39, 0.29) is 10.9 Å². The predicted octanol–water partition coefficient (Wildman–Crippen LogP) is 5.24. The molecule has 1 heterocycles. The molecule has 1 saturated heterocycles. The summed E-state index contributed by atoms with van der Waals surface area (Å²) < 4.78 is 28.2. The first-order chi connectivity index (χ1) is 15.7. The van der Waals surface area contributed by atoms with Crippen molar-refractivity contribution >= 4 is 27.4 Å². The minimum absolute atomic E-state index is 0.0704.